The molecule has 2 N–H and O–H groups in total. The first-order chi connectivity index (χ1) is 5.20. The molecular formula is C6H2N2O2Se. The van der Waals surface area contributed by atoms with Crippen LogP contribution in [0.5, 0.6) is 11.5 Å². The van der Waals surface area contributed by atoms with E-state index in [9.17, 15) is 0 Å². The zero-order chi connectivity index (χ0) is 8.43. The molecule has 5 heteroatoms. The second-order valence-electron chi connectivity index (χ2n) is 1.68. The van der Waals surface area contributed by atoms with Crippen LogP contribution in [0.15, 0.2) is 0 Å². The molecule has 0 fully saturated rings. The maximum absolute atomic E-state index is 8.97. The molecular weight excluding hydrogens is 211 g/mol. The van der Waals surface area contributed by atoms with Crippen LogP contribution in [-0.2, 0) is 0 Å². The summed E-state index contributed by atoms with van der Waals surface area (Å²) in [6.07, 6.45) is 0. The minimum absolute atomic E-state index is 0.103. The third-order valence-electron chi connectivity index (χ3n) is 1.06. The second-order valence-corrected chi connectivity index (χ2v) is 3.82. The van der Waals surface area contributed by atoms with Gasteiger partial charge in [0.05, 0.1) is 0 Å². The van der Waals surface area contributed by atoms with Gasteiger partial charge in [0.1, 0.15) is 0 Å². The molecule has 0 aliphatic heterocycles. The number of rotatable bonds is 0. The van der Waals surface area contributed by atoms with E-state index in [1.807, 2.05) is 0 Å². The first-order valence-electron chi connectivity index (χ1n) is 2.55. The average Bonchev–Trinajstić information content (AvgIpc) is 2.30. The molecule has 4 nitrogen and oxygen atoms in total. The maximum atomic E-state index is 8.97. The summed E-state index contributed by atoms with van der Waals surface area (Å²) in [5, 5.41) is 34.7. The van der Waals surface area contributed by atoms with E-state index >= 15 is 0 Å². The molecule has 1 rings (SSSR count). The molecule has 0 aliphatic carbocycles. The zero-order valence-corrected chi connectivity index (χ0v) is 6.91. The van der Waals surface area contributed by atoms with Gasteiger partial charge in [-0.3, -0.25) is 0 Å². The van der Waals surface area contributed by atoms with Crippen molar-refractivity contribution >= 4 is 14.5 Å². The summed E-state index contributed by atoms with van der Waals surface area (Å²) in [4.78, 5) is 0. The van der Waals surface area contributed by atoms with Gasteiger partial charge in [-0.05, 0) is 0 Å². The van der Waals surface area contributed by atoms with Crippen LogP contribution in [0.3, 0.4) is 0 Å². The van der Waals surface area contributed by atoms with Crippen molar-refractivity contribution in [3.8, 4) is 23.6 Å². The molecule has 0 radical (unpaired) electrons. The van der Waals surface area contributed by atoms with Gasteiger partial charge in [0.2, 0.25) is 0 Å². The first kappa shape index (κ1) is 7.68. The van der Waals surface area contributed by atoms with Gasteiger partial charge < -0.3 is 0 Å². The number of aromatic hydroxyl groups is 2. The van der Waals surface area contributed by atoms with E-state index in [1.165, 1.54) is 0 Å². The average molecular weight is 213 g/mol. The SMILES string of the molecule is N#Cc1[se]c(C#N)c(O)c1O. The second kappa shape index (κ2) is 2.67. The van der Waals surface area contributed by atoms with Crippen LogP contribution in [0.2, 0.25) is 0 Å². The van der Waals surface area contributed by atoms with Crippen LogP contribution in [0.25, 0.3) is 0 Å². The van der Waals surface area contributed by atoms with Crippen molar-refractivity contribution in [2.24, 2.45) is 0 Å². The van der Waals surface area contributed by atoms with Gasteiger partial charge >= 0.3 is 67.8 Å². The fourth-order valence-electron chi connectivity index (χ4n) is 0.565. The van der Waals surface area contributed by atoms with E-state index < -0.39 is 26.0 Å². The number of hydrogen-bond acceptors (Lipinski definition) is 4. The summed E-state index contributed by atoms with van der Waals surface area (Å²) < 4.78 is 0.207. The van der Waals surface area contributed by atoms with Gasteiger partial charge in [0.15, 0.2) is 0 Å². The van der Waals surface area contributed by atoms with Crippen molar-refractivity contribution in [3.63, 3.8) is 0 Å². The zero-order valence-electron chi connectivity index (χ0n) is 5.20. The summed E-state index contributed by atoms with van der Waals surface area (Å²) in [7, 11) is 0. The molecule has 0 aromatic carbocycles. The number of hydrogen-bond donors (Lipinski definition) is 2. The Morgan fingerprint density at radius 2 is 1.36 bits per heavy atom. The molecule has 0 aliphatic rings. The Bertz CT molecular complexity index is 335. The molecule has 0 unspecified atom stereocenters. The third-order valence-corrected chi connectivity index (χ3v) is 3.11. The van der Waals surface area contributed by atoms with Gasteiger partial charge in [0.25, 0.3) is 0 Å². The monoisotopic (exact) mass is 214 g/mol. The molecule has 54 valence electrons. The van der Waals surface area contributed by atoms with E-state index in [0.29, 0.717) is 0 Å². The van der Waals surface area contributed by atoms with Gasteiger partial charge in [0, 0.05) is 0 Å². The van der Waals surface area contributed by atoms with E-state index in [-0.39, 0.29) is 8.87 Å². The van der Waals surface area contributed by atoms with Crippen molar-refractivity contribution in [3.05, 3.63) is 8.87 Å². The van der Waals surface area contributed by atoms with Gasteiger partial charge in [-0.1, -0.05) is 0 Å². The van der Waals surface area contributed by atoms with E-state index in [2.05, 4.69) is 0 Å². The van der Waals surface area contributed by atoms with E-state index in [1.54, 1.807) is 12.1 Å². The number of nitriles is 2. The Hall–Kier alpha value is -1.42. The Balaban J connectivity index is 3.40. The summed E-state index contributed by atoms with van der Waals surface area (Å²) in [5.74, 6) is -0.881. The summed E-state index contributed by atoms with van der Waals surface area (Å²) in [6.45, 7) is 0. The van der Waals surface area contributed by atoms with Crippen molar-refractivity contribution in [2.45, 2.75) is 0 Å². The fraction of sp³-hybridized carbons (Fsp3) is 0. The van der Waals surface area contributed by atoms with Crippen LogP contribution in [-0.4, -0.2) is 24.7 Å². The molecule has 0 saturated carbocycles. The van der Waals surface area contributed by atoms with Gasteiger partial charge in [-0.15, -0.1) is 0 Å². The molecule has 1 aromatic heterocycles. The standard InChI is InChI=1S/C6H2N2O2Se/c7-1-3-5(9)6(10)4(2-8)11-3/h9-10H. The normalized spacial score (nSPS) is 8.55. The van der Waals surface area contributed by atoms with Crippen molar-refractivity contribution in [1.82, 2.24) is 0 Å². The molecule has 0 saturated heterocycles. The molecule has 11 heavy (non-hydrogen) atoms. The summed E-state index contributed by atoms with van der Waals surface area (Å²) in [6, 6.07) is 3.43. The third kappa shape index (κ3) is 1.08. The molecule has 0 amide bonds. The molecule has 0 spiro atoms. The Morgan fingerprint density at radius 1 is 1.00 bits per heavy atom. The van der Waals surface area contributed by atoms with Gasteiger partial charge in [-0.2, -0.15) is 0 Å². The van der Waals surface area contributed by atoms with Crippen molar-refractivity contribution in [1.29, 1.82) is 10.5 Å². The predicted octanol–water partition coefficient (Wildman–Crippen LogP) is -0.102. The Kier molecular flexibility index (Phi) is 1.87. The van der Waals surface area contributed by atoms with Crippen molar-refractivity contribution < 1.29 is 10.2 Å². The van der Waals surface area contributed by atoms with E-state index in [0.717, 1.165) is 0 Å². The van der Waals surface area contributed by atoms with Crippen LogP contribution >= 0.6 is 0 Å². The summed E-state index contributed by atoms with van der Waals surface area (Å²) >= 11 is -0.516. The minimum atomic E-state index is -0.516. The Labute approximate surface area is 68.3 Å². The van der Waals surface area contributed by atoms with Crippen LogP contribution in [0, 0.1) is 22.7 Å². The fourth-order valence-corrected chi connectivity index (χ4v) is 2.00. The van der Waals surface area contributed by atoms with Crippen molar-refractivity contribution in [2.75, 3.05) is 0 Å². The van der Waals surface area contributed by atoms with E-state index in [4.69, 9.17) is 20.7 Å². The Morgan fingerprint density at radius 3 is 1.55 bits per heavy atom. The predicted molar refractivity (Wildman–Crippen MR) is 36.1 cm³/mol. The van der Waals surface area contributed by atoms with Crippen LogP contribution in [0.1, 0.15) is 8.87 Å². The van der Waals surface area contributed by atoms with Crippen LogP contribution < -0.4 is 0 Å². The first-order valence-corrected chi connectivity index (χ1v) is 4.27. The molecule has 0 atom stereocenters. The topological polar surface area (TPSA) is 88.0 Å². The molecule has 1 heterocycles. The van der Waals surface area contributed by atoms with Gasteiger partial charge in [-0.25, -0.2) is 0 Å². The quantitative estimate of drug-likeness (QED) is 0.589. The number of nitrogens with zero attached hydrogens (tertiary/aromatic N) is 2. The van der Waals surface area contributed by atoms with Crippen LogP contribution in [0.4, 0.5) is 0 Å². The summed E-state index contributed by atoms with van der Waals surface area (Å²) in [5.41, 5.74) is 0. The molecule has 1 aromatic rings. The molecule has 0 bridgehead atoms.